The quantitative estimate of drug-likeness (QED) is 0.552. The minimum Gasteiger partial charge on any atom is -0.491 e. The molecule has 0 heterocycles. The van der Waals surface area contributed by atoms with Crippen molar-refractivity contribution >= 4 is 21.6 Å². The molecule has 162 valence electrons. The number of nitrogens with one attached hydrogen (secondary N) is 1. The van der Waals surface area contributed by atoms with Gasteiger partial charge in [-0.15, -0.1) is 0 Å². The Bertz CT molecular complexity index is 1090. The van der Waals surface area contributed by atoms with Crippen LogP contribution >= 0.6 is 0 Å². The molecule has 3 aromatic rings. The van der Waals surface area contributed by atoms with Gasteiger partial charge in [0, 0.05) is 0 Å². The Kier molecular flexibility index (Phi) is 7.31. The number of hydrogen-bond acceptors (Lipinski definition) is 4. The van der Waals surface area contributed by atoms with Crippen molar-refractivity contribution in [3.05, 3.63) is 90.5 Å². The summed E-state index contributed by atoms with van der Waals surface area (Å²) >= 11 is 0. The Labute approximate surface area is 183 Å². The van der Waals surface area contributed by atoms with E-state index in [2.05, 4.69) is 5.32 Å². The van der Waals surface area contributed by atoms with E-state index in [-0.39, 0.29) is 24.1 Å². The second-order valence-corrected chi connectivity index (χ2v) is 9.12. The summed E-state index contributed by atoms with van der Waals surface area (Å²) in [4.78, 5) is 12.8. The Balaban J connectivity index is 1.69. The molecule has 1 unspecified atom stereocenters. The zero-order valence-corrected chi connectivity index (χ0v) is 18.4. The molecule has 0 aliphatic rings. The van der Waals surface area contributed by atoms with Crippen LogP contribution in [-0.2, 0) is 14.8 Å². The van der Waals surface area contributed by atoms with Crippen LogP contribution in [0.15, 0.2) is 89.8 Å². The van der Waals surface area contributed by atoms with Gasteiger partial charge < -0.3 is 10.1 Å². The van der Waals surface area contributed by atoms with Gasteiger partial charge in [0.15, 0.2) is 0 Å². The average molecular weight is 439 g/mol. The summed E-state index contributed by atoms with van der Waals surface area (Å²) in [6.45, 7) is 3.74. The maximum atomic E-state index is 13.2. The standard InChI is InChI=1S/C24H26N2O4S/c1-19-13-15-22(16-14-19)30-18-20(2)25-24(27)17-26(21-9-5-3-6-10-21)31(28,29)23-11-7-4-8-12-23/h3-16,20H,17-18H2,1-2H3,(H,25,27). The predicted molar refractivity (Wildman–Crippen MR) is 122 cm³/mol. The van der Waals surface area contributed by atoms with Gasteiger partial charge in [-0.1, -0.05) is 54.1 Å². The Morgan fingerprint density at radius 2 is 1.52 bits per heavy atom. The molecular weight excluding hydrogens is 412 g/mol. The summed E-state index contributed by atoms with van der Waals surface area (Å²) in [7, 11) is -3.90. The van der Waals surface area contributed by atoms with Gasteiger partial charge in [0.25, 0.3) is 10.0 Å². The minimum atomic E-state index is -3.90. The van der Waals surface area contributed by atoms with Crippen LogP contribution in [0.3, 0.4) is 0 Å². The fourth-order valence-electron chi connectivity index (χ4n) is 2.98. The first kappa shape index (κ1) is 22.4. The Morgan fingerprint density at radius 1 is 0.935 bits per heavy atom. The van der Waals surface area contributed by atoms with Crippen LogP contribution in [0.2, 0.25) is 0 Å². The van der Waals surface area contributed by atoms with Crippen LogP contribution in [0, 0.1) is 6.92 Å². The first-order valence-corrected chi connectivity index (χ1v) is 11.4. The molecule has 1 N–H and O–H groups in total. The number of hydrogen-bond donors (Lipinski definition) is 1. The Hall–Kier alpha value is -3.32. The van der Waals surface area contributed by atoms with E-state index in [0.29, 0.717) is 11.4 Å². The molecular formula is C24H26N2O4S. The third-order valence-electron chi connectivity index (χ3n) is 4.59. The van der Waals surface area contributed by atoms with Gasteiger partial charge in [-0.25, -0.2) is 8.42 Å². The molecule has 1 amide bonds. The van der Waals surface area contributed by atoms with Crippen molar-refractivity contribution in [1.29, 1.82) is 0 Å². The van der Waals surface area contributed by atoms with Gasteiger partial charge in [0.2, 0.25) is 5.91 Å². The minimum absolute atomic E-state index is 0.127. The number of anilines is 1. The highest BCUT2D eigenvalue weighted by atomic mass is 32.2. The van der Waals surface area contributed by atoms with Gasteiger partial charge in [-0.3, -0.25) is 9.10 Å². The van der Waals surface area contributed by atoms with E-state index in [4.69, 9.17) is 4.74 Å². The predicted octanol–water partition coefficient (Wildman–Crippen LogP) is 3.77. The summed E-state index contributed by atoms with van der Waals surface area (Å²) in [5, 5.41) is 2.82. The first-order valence-electron chi connectivity index (χ1n) is 9.98. The van der Waals surface area contributed by atoms with Gasteiger partial charge in [0.1, 0.15) is 18.9 Å². The van der Waals surface area contributed by atoms with Crippen molar-refractivity contribution in [2.75, 3.05) is 17.5 Å². The third-order valence-corrected chi connectivity index (χ3v) is 6.38. The van der Waals surface area contributed by atoms with E-state index >= 15 is 0 Å². The summed E-state index contributed by atoms with van der Waals surface area (Å²) in [6.07, 6.45) is 0. The van der Waals surface area contributed by atoms with E-state index in [1.165, 1.54) is 12.1 Å². The number of ether oxygens (including phenoxy) is 1. The first-order chi connectivity index (χ1) is 14.9. The monoisotopic (exact) mass is 438 g/mol. The van der Waals surface area contributed by atoms with Crippen LogP contribution in [-0.4, -0.2) is 33.5 Å². The van der Waals surface area contributed by atoms with E-state index in [9.17, 15) is 13.2 Å². The maximum absolute atomic E-state index is 13.2. The summed E-state index contributed by atoms with van der Waals surface area (Å²) in [5.41, 5.74) is 1.55. The lowest BCUT2D eigenvalue weighted by Crippen LogP contribution is -2.45. The fourth-order valence-corrected chi connectivity index (χ4v) is 4.42. The zero-order valence-electron chi connectivity index (χ0n) is 17.6. The molecule has 1 atom stereocenters. The number of carbonyl (C=O) groups excluding carboxylic acids is 1. The molecule has 0 aliphatic heterocycles. The van der Waals surface area contributed by atoms with E-state index in [1.807, 2.05) is 38.1 Å². The van der Waals surface area contributed by atoms with Gasteiger partial charge in [-0.05, 0) is 50.2 Å². The molecule has 0 radical (unpaired) electrons. The largest absolute Gasteiger partial charge is 0.491 e. The molecule has 0 fully saturated rings. The molecule has 0 bridgehead atoms. The topological polar surface area (TPSA) is 75.7 Å². The van der Waals surface area contributed by atoms with Crippen molar-refractivity contribution in [3.8, 4) is 5.75 Å². The number of carbonyl (C=O) groups is 1. The number of benzene rings is 3. The van der Waals surface area contributed by atoms with Crippen molar-refractivity contribution in [2.24, 2.45) is 0 Å². The zero-order chi connectivity index (χ0) is 22.3. The molecule has 0 spiro atoms. The van der Waals surface area contributed by atoms with Gasteiger partial charge >= 0.3 is 0 Å². The van der Waals surface area contributed by atoms with E-state index in [0.717, 1.165) is 9.87 Å². The molecule has 6 nitrogen and oxygen atoms in total. The molecule has 3 rings (SSSR count). The number of sulfonamides is 1. The van der Waals surface area contributed by atoms with Gasteiger partial charge in [0.05, 0.1) is 16.6 Å². The third kappa shape index (κ3) is 6.08. The molecule has 0 aromatic heterocycles. The number of aryl methyl sites for hydroxylation is 1. The second kappa shape index (κ2) is 10.1. The van der Waals surface area contributed by atoms with Crippen molar-refractivity contribution in [3.63, 3.8) is 0 Å². The lowest BCUT2D eigenvalue weighted by atomic mass is 10.2. The normalized spacial score (nSPS) is 12.1. The van der Waals surface area contributed by atoms with Crippen molar-refractivity contribution in [1.82, 2.24) is 5.32 Å². The van der Waals surface area contributed by atoms with Crippen LogP contribution in [0.4, 0.5) is 5.69 Å². The summed E-state index contributed by atoms with van der Waals surface area (Å²) in [6, 6.07) is 24.0. The lowest BCUT2D eigenvalue weighted by molar-refractivity contribution is -0.120. The molecule has 7 heteroatoms. The second-order valence-electron chi connectivity index (χ2n) is 7.25. The van der Waals surface area contributed by atoms with Crippen molar-refractivity contribution in [2.45, 2.75) is 24.8 Å². The summed E-state index contributed by atoms with van der Waals surface area (Å²) < 4.78 is 33.2. The molecule has 0 saturated heterocycles. The van der Waals surface area contributed by atoms with Crippen LogP contribution < -0.4 is 14.4 Å². The molecule has 0 aliphatic carbocycles. The van der Waals surface area contributed by atoms with Crippen LogP contribution in [0.1, 0.15) is 12.5 Å². The fraction of sp³-hybridized carbons (Fsp3) is 0.208. The number of para-hydroxylation sites is 1. The summed E-state index contributed by atoms with van der Waals surface area (Å²) in [5.74, 6) is 0.299. The van der Waals surface area contributed by atoms with E-state index in [1.54, 1.807) is 48.5 Å². The Morgan fingerprint density at radius 3 is 2.13 bits per heavy atom. The van der Waals surface area contributed by atoms with Crippen LogP contribution in [0.25, 0.3) is 0 Å². The number of nitrogens with zero attached hydrogens (tertiary/aromatic N) is 1. The molecule has 31 heavy (non-hydrogen) atoms. The average Bonchev–Trinajstić information content (AvgIpc) is 2.78. The van der Waals surface area contributed by atoms with E-state index < -0.39 is 15.9 Å². The van der Waals surface area contributed by atoms with Crippen molar-refractivity contribution < 1.29 is 17.9 Å². The highest BCUT2D eigenvalue weighted by Crippen LogP contribution is 2.23. The highest BCUT2D eigenvalue weighted by molar-refractivity contribution is 7.92. The van der Waals surface area contributed by atoms with Crippen LogP contribution in [0.5, 0.6) is 5.75 Å². The lowest BCUT2D eigenvalue weighted by Gasteiger charge is -2.25. The SMILES string of the molecule is Cc1ccc(OCC(C)NC(=O)CN(c2ccccc2)S(=O)(=O)c2ccccc2)cc1. The molecule has 3 aromatic carbocycles. The van der Waals surface area contributed by atoms with Gasteiger partial charge in [-0.2, -0.15) is 0 Å². The smallest absolute Gasteiger partial charge is 0.264 e. The number of amides is 1. The maximum Gasteiger partial charge on any atom is 0.264 e. The highest BCUT2D eigenvalue weighted by Gasteiger charge is 2.27. The molecule has 0 saturated carbocycles. The number of rotatable bonds is 9.